The zero-order valence-corrected chi connectivity index (χ0v) is 12.5. The molecule has 0 saturated carbocycles. The number of alkyl halides is 3. The normalized spacial score (nSPS) is 16.5. The Morgan fingerprint density at radius 3 is 2.46 bits per heavy atom. The average molecular weight is 340 g/mol. The molecule has 0 spiro atoms. The highest BCUT2D eigenvalue weighted by molar-refractivity contribution is 5.83. The number of pyridine rings is 1. The highest BCUT2D eigenvalue weighted by Gasteiger charge is 2.37. The predicted molar refractivity (Wildman–Crippen MR) is 81.0 cm³/mol. The maximum atomic E-state index is 13.4. The number of benzene rings is 1. The Morgan fingerprint density at radius 1 is 1.21 bits per heavy atom. The molecule has 0 unspecified atom stereocenters. The number of aromatic hydroxyl groups is 1. The van der Waals surface area contributed by atoms with Gasteiger partial charge in [-0.15, -0.1) is 0 Å². The summed E-state index contributed by atoms with van der Waals surface area (Å²) in [5, 5.41) is 18.7. The third-order valence-electron chi connectivity index (χ3n) is 4.23. The van der Waals surface area contributed by atoms with E-state index in [1.54, 1.807) is 0 Å². The standard InChI is InChI=1S/C16H15F3N2O3/c17-16(18,19)12-8-10-7-11(22)1-2-13(10)20-14(12)21-5-3-9(4-6-21)15(23)24/h1-2,7-9,22H,3-6H2,(H,23,24). The van der Waals surface area contributed by atoms with Crippen molar-refractivity contribution >= 4 is 22.7 Å². The number of halogens is 3. The summed E-state index contributed by atoms with van der Waals surface area (Å²) in [6.07, 6.45) is -4.03. The van der Waals surface area contributed by atoms with Crippen LogP contribution in [0.25, 0.3) is 10.9 Å². The second-order valence-electron chi connectivity index (χ2n) is 5.83. The predicted octanol–water partition coefficient (Wildman–Crippen LogP) is 3.26. The Labute approximate surface area is 135 Å². The van der Waals surface area contributed by atoms with Crippen molar-refractivity contribution < 1.29 is 28.2 Å². The number of anilines is 1. The van der Waals surface area contributed by atoms with Gasteiger partial charge in [0.25, 0.3) is 0 Å². The van der Waals surface area contributed by atoms with Crippen LogP contribution in [-0.4, -0.2) is 34.3 Å². The number of rotatable bonds is 2. The topological polar surface area (TPSA) is 73.7 Å². The van der Waals surface area contributed by atoms with E-state index in [0.717, 1.165) is 6.07 Å². The van der Waals surface area contributed by atoms with E-state index >= 15 is 0 Å². The van der Waals surface area contributed by atoms with Gasteiger partial charge in [0.05, 0.1) is 17.0 Å². The van der Waals surface area contributed by atoms with E-state index in [1.807, 2.05) is 0 Å². The van der Waals surface area contributed by atoms with Crippen LogP contribution in [0, 0.1) is 5.92 Å². The molecule has 1 aliphatic rings. The number of fused-ring (bicyclic) bond motifs is 1. The van der Waals surface area contributed by atoms with Crippen molar-refractivity contribution in [1.82, 2.24) is 4.98 Å². The lowest BCUT2D eigenvalue weighted by molar-refractivity contribution is -0.142. The van der Waals surface area contributed by atoms with Crippen molar-refractivity contribution in [2.45, 2.75) is 19.0 Å². The minimum Gasteiger partial charge on any atom is -0.508 e. The molecular weight excluding hydrogens is 325 g/mol. The van der Waals surface area contributed by atoms with Crippen LogP contribution in [0.15, 0.2) is 24.3 Å². The van der Waals surface area contributed by atoms with Gasteiger partial charge in [-0.25, -0.2) is 4.98 Å². The SMILES string of the molecule is O=C(O)C1CCN(c2nc3ccc(O)cc3cc2C(F)(F)F)CC1. The fourth-order valence-corrected chi connectivity index (χ4v) is 2.94. The van der Waals surface area contributed by atoms with Crippen LogP contribution in [0.2, 0.25) is 0 Å². The summed E-state index contributed by atoms with van der Waals surface area (Å²) in [5.74, 6) is -1.78. The molecule has 0 amide bonds. The van der Waals surface area contributed by atoms with Gasteiger partial charge >= 0.3 is 12.1 Å². The molecule has 0 aliphatic carbocycles. The van der Waals surface area contributed by atoms with Crippen molar-refractivity contribution in [3.63, 3.8) is 0 Å². The van der Waals surface area contributed by atoms with Gasteiger partial charge in [-0.05, 0) is 37.1 Å². The lowest BCUT2D eigenvalue weighted by atomic mass is 9.96. The Kier molecular flexibility index (Phi) is 3.98. The summed E-state index contributed by atoms with van der Waals surface area (Å²) < 4.78 is 40.2. The second-order valence-corrected chi connectivity index (χ2v) is 5.83. The first-order chi connectivity index (χ1) is 11.3. The van der Waals surface area contributed by atoms with E-state index < -0.39 is 23.6 Å². The number of phenols is 1. The molecule has 1 fully saturated rings. The minimum absolute atomic E-state index is 0.132. The van der Waals surface area contributed by atoms with Gasteiger partial charge in [-0.2, -0.15) is 13.2 Å². The summed E-state index contributed by atoms with van der Waals surface area (Å²) in [5.41, 5.74) is -0.537. The van der Waals surface area contributed by atoms with E-state index in [4.69, 9.17) is 5.11 Å². The Morgan fingerprint density at radius 2 is 1.88 bits per heavy atom. The van der Waals surface area contributed by atoms with Crippen LogP contribution < -0.4 is 4.90 Å². The zero-order valence-electron chi connectivity index (χ0n) is 12.5. The number of carbonyl (C=O) groups is 1. The van der Waals surface area contributed by atoms with Crippen LogP contribution >= 0.6 is 0 Å². The van der Waals surface area contributed by atoms with Gasteiger partial charge < -0.3 is 15.1 Å². The summed E-state index contributed by atoms with van der Waals surface area (Å²) in [6.45, 7) is 0.410. The zero-order chi connectivity index (χ0) is 17.5. The van der Waals surface area contributed by atoms with Gasteiger partial charge in [-0.1, -0.05) is 0 Å². The van der Waals surface area contributed by atoms with Crippen LogP contribution in [0.5, 0.6) is 5.75 Å². The first-order valence-electron chi connectivity index (χ1n) is 7.44. The number of piperidine rings is 1. The number of nitrogens with zero attached hydrogens (tertiary/aromatic N) is 2. The molecule has 0 atom stereocenters. The molecule has 3 rings (SSSR count). The monoisotopic (exact) mass is 340 g/mol. The number of carboxylic acids is 1. The van der Waals surface area contributed by atoms with Crippen molar-refractivity contribution in [2.75, 3.05) is 18.0 Å². The maximum absolute atomic E-state index is 13.4. The summed E-state index contributed by atoms with van der Waals surface area (Å²) >= 11 is 0. The van der Waals surface area contributed by atoms with E-state index in [0.29, 0.717) is 5.52 Å². The van der Waals surface area contributed by atoms with E-state index in [1.165, 1.54) is 23.1 Å². The smallest absolute Gasteiger partial charge is 0.419 e. The second kappa shape index (κ2) is 5.85. The molecular formula is C16H15F3N2O3. The van der Waals surface area contributed by atoms with Crippen molar-refractivity contribution in [3.8, 4) is 5.75 Å². The lowest BCUT2D eigenvalue weighted by Crippen LogP contribution is -2.37. The average Bonchev–Trinajstić information content (AvgIpc) is 2.53. The van der Waals surface area contributed by atoms with Gasteiger partial charge in [0.2, 0.25) is 0 Å². The summed E-state index contributed by atoms with van der Waals surface area (Å²) in [7, 11) is 0. The number of hydrogen-bond donors (Lipinski definition) is 2. The summed E-state index contributed by atoms with van der Waals surface area (Å²) in [6, 6.07) is 5.03. The third kappa shape index (κ3) is 3.08. The highest BCUT2D eigenvalue weighted by Crippen LogP contribution is 2.39. The van der Waals surface area contributed by atoms with Crippen LogP contribution in [-0.2, 0) is 11.0 Å². The van der Waals surface area contributed by atoms with Gasteiger partial charge in [0.15, 0.2) is 0 Å². The lowest BCUT2D eigenvalue weighted by Gasteiger charge is -2.32. The molecule has 24 heavy (non-hydrogen) atoms. The number of aromatic nitrogens is 1. The van der Waals surface area contributed by atoms with Crippen molar-refractivity contribution in [3.05, 3.63) is 29.8 Å². The Balaban J connectivity index is 2.03. The maximum Gasteiger partial charge on any atom is 0.419 e. The molecule has 5 nitrogen and oxygen atoms in total. The molecule has 128 valence electrons. The molecule has 2 aromatic rings. The molecule has 0 radical (unpaired) electrons. The van der Waals surface area contributed by atoms with E-state index in [2.05, 4.69) is 4.98 Å². The molecule has 2 N–H and O–H groups in total. The first kappa shape index (κ1) is 16.4. The minimum atomic E-state index is -4.59. The molecule has 1 saturated heterocycles. The molecule has 1 aromatic carbocycles. The first-order valence-corrected chi connectivity index (χ1v) is 7.44. The molecule has 1 aliphatic heterocycles. The number of phenolic OH excluding ortho intramolecular Hbond substituents is 1. The van der Waals surface area contributed by atoms with E-state index in [-0.39, 0.29) is 42.9 Å². The van der Waals surface area contributed by atoms with Crippen LogP contribution in [0.1, 0.15) is 18.4 Å². The molecule has 1 aromatic heterocycles. The Hall–Kier alpha value is -2.51. The van der Waals surface area contributed by atoms with Gasteiger partial charge in [-0.3, -0.25) is 4.79 Å². The number of aliphatic carboxylic acids is 1. The van der Waals surface area contributed by atoms with Gasteiger partial charge in [0.1, 0.15) is 11.6 Å². The highest BCUT2D eigenvalue weighted by atomic mass is 19.4. The third-order valence-corrected chi connectivity index (χ3v) is 4.23. The van der Waals surface area contributed by atoms with Crippen molar-refractivity contribution in [1.29, 1.82) is 0 Å². The Bertz CT molecular complexity index is 784. The molecule has 0 bridgehead atoms. The fraction of sp³-hybridized carbons (Fsp3) is 0.375. The number of carboxylic acid groups (broad SMARTS) is 1. The van der Waals surface area contributed by atoms with Crippen LogP contribution in [0.4, 0.5) is 19.0 Å². The van der Waals surface area contributed by atoms with E-state index in [9.17, 15) is 23.1 Å². The van der Waals surface area contributed by atoms with Crippen LogP contribution in [0.3, 0.4) is 0 Å². The van der Waals surface area contributed by atoms with Gasteiger partial charge in [0, 0.05) is 18.5 Å². The largest absolute Gasteiger partial charge is 0.508 e. The summed E-state index contributed by atoms with van der Waals surface area (Å²) in [4.78, 5) is 16.6. The van der Waals surface area contributed by atoms with Crippen molar-refractivity contribution in [2.24, 2.45) is 5.92 Å². The fourth-order valence-electron chi connectivity index (χ4n) is 2.94. The quantitative estimate of drug-likeness (QED) is 0.878. The number of hydrogen-bond acceptors (Lipinski definition) is 4. The molecule has 2 heterocycles. The molecule has 8 heteroatoms.